The number of carboxylic acid groups (broad SMARTS) is 1. The van der Waals surface area contributed by atoms with Crippen LogP contribution in [0.4, 0.5) is 0 Å². The number of aryl methyl sites for hydroxylation is 2. The third kappa shape index (κ3) is 6.23. The van der Waals surface area contributed by atoms with Crippen LogP contribution < -0.4 is 0 Å². The number of pyridine rings is 2. The van der Waals surface area contributed by atoms with Crippen LogP contribution in [0.3, 0.4) is 0 Å². The summed E-state index contributed by atoms with van der Waals surface area (Å²) in [5.41, 5.74) is 9.53. The monoisotopic (exact) mass is 610 g/mol. The van der Waals surface area contributed by atoms with Gasteiger partial charge >= 0.3 is 5.97 Å². The van der Waals surface area contributed by atoms with Crippen LogP contribution in [0.15, 0.2) is 85.5 Å². The number of hydrogen-bond donors (Lipinski definition) is 1. The Labute approximate surface area is 268 Å². The van der Waals surface area contributed by atoms with Crippen LogP contribution in [-0.2, 0) is 26.9 Å². The molecule has 0 spiro atoms. The molecule has 2 aliphatic carbocycles. The largest absolute Gasteiger partial charge is 0.478 e. The van der Waals surface area contributed by atoms with E-state index in [0.717, 1.165) is 40.7 Å². The Hall–Kier alpha value is -5.04. The van der Waals surface area contributed by atoms with Gasteiger partial charge in [0, 0.05) is 68.3 Å². The molecule has 0 radical (unpaired) electrons. The maximum atomic E-state index is 12.0. The first-order chi connectivity index (χ1) is 22.2. The highest BCUT2D eigenvalue weighted by Crippen LogP contribution is 2.41. The Kier molecular flexibility index (Phi) is 7.77. The normalized spacial score (nSPS) is 14.3. The average molecular weight is 611 g/mol. The second kappa shape index (κ2) is 12.0. The third-order valence-electron chi connectivity index (χ3n) is 9.34. The fourth-order valence-corrected chi connectivity index (χ4v) is 6.29. The predicted molar refractivity (Wildman–Crippen MR) is 181 cm³/mol. The van der Waals surface area contributed by atoms with Gasteiger partial charge in [-0.25, -0.2) is 4.79 Å². The Morgan fingerprint density at radius 3 is 1.59 bits per heavy atom. The Balaban J connectivity index is 0.000000147. The number of aromatic nitrogens is 4. The highest BCUT2D eigenvalue weighted by molar-refractivity contribution is 5.95. The first-order valence-electron chi connectivity index (χ1n) is 16.0. The Bertz CT molecular complexity index is 1960. The number of carbonyl (C=O) groups excluding carboxylic acids is 1. The number of ketones is 1. The van der Waals surface area contributed by atoms with Crippen LogP contribution in [-0.4, -0.2) is 36.0 Å². The van der Waals surface area contributed by atoms with E-state index in [1.54, 1.807) is 6.92 Å². The lowest BCUT2D eigenvalue weighted by atomic mass is 9.99. The van der Waals surface area contributed by atoms with Gasteiger partial charge in [-0.3, -0.25) is 14.8 Å². The molecule has 1 N–H and O–H groups in total. The lowest BCUT2D eigenvalue weighted by molar-refractivity contribution is 0.0695. The van der Waals surface area contributed by atoms with Crippen molar-refractivity contribution in [2.45, 2.75) is 57.3 Å². The van der Waals surface area contributed by atoms with Crippen molar-refractivity contribution in [2.75, 3.05) is 0 Å². The van der Waals surface area contributed by atoms with Crippen molar-refractivity contribution in [3.63, 3.8) is 0 Å². The molecule has 2 fully saturated rings. The number of aromatic carboxylic acids is 1. The molecule has 0 bridgehead atoms. The highest BCUT2D eigenvalue weighted by atomic mass is 16.4. The lowest BCUT2D eigenvalue weighted by Crippen LogP contribution is -2.07. The minimum Gasteiger partial charge on any atom is -0.478 e. The number of hydrogen-bond acceptors (Lipinski definition) is 4. The molecule has 2 aromatic carbocycles. The smallest absolute Gasteiger partial charge is 0.337 e. The van der Waals surface area contributed by atoms with E-state index < -0.39 is 5.97 Å². The Morgan fingerprint density at radius 2 is 1.15 bits per heavy atom. The van der Waals surface area contributed by atoms with Gasteiger partial charge in [-0.15, -0.1) is 0 Å². The number of benzene rings is 2. The van der Waals surface area contributed by atoms with Crippen molar-refractivity contribution in [1.29, 1.82) is 0 Å². The molecule has 0 saturated heterocycles. The summed E-state index contributed by atoms with van der Waals surface area (Å²) < 4.78 is 4.19. The summed E-state index contributed by atoms with van der Waals surface area (Å²) in [6.45, 7) is 1.64. The molecule has 2 saturated carbocycles. The molecule has 6 aromatic rings. The zero-order valence-electron chi connectivity index (χ0n) is 26.5. The van der Waals surface area contributed by atoms with E-state index in [-0.39, 0.29) is 5.78 Å². The quantitative estimate of drug-likeness (QED) is 0.177. The zero-order valence-corrected chi connectivity index (χ0v) is 26.5. The number of carboxylic acids is 1. The van der Waals surface area contributed by atoms with E-state index in [4.69, 9.17) is 0 Å². The van der Waals surface area contributed by atoms with Crippen LogP contribution in [0.25, 0.3) is 21.8 Å². The summed E-state index contributed by atoms with van der Waals surface area (Å²) in [5.74, 6) is 0.341. The van der Waals surface area contributed by atoms with E-state index in [0.29, 0.717) is 35.9 Å². The second-order valence-corrected chi connectivity index (χ2v) is 12.9. The third-order valence-corrected chi connectivity index (χ3v) is 9.34. The molecule has 8 rings (SSSR count). The van der Waals surface area contributed by atoms with Crippen LogP contribution in [0.1, 0.15) is 98.8 Å². The number of Topliss-reactive ketones (excluding diaryl/α,β-unsaturated/α-hetero) is 1. The minimum absolute atomic E-state index is 0.106. The van der Waals surface area contributed by atoms with Gasteiger partial charge in [0.15, 0.2) is 5.78 Å². The number of fused-ring (bicyclic) bond motifs is 2. The van der Waals surface area contributed by atoms with Crippen molar-refractivity contribution >= 4 is 33.6 Å². The van der Waals surface area contributed by atoms with Crippen molar-refractivity contribution in [3.05, 3.63) is 130 Å². The molecular formula is C39H38N4O3. The number of nitrogens with zero attached hydrogens (tertiary/aromatic N) is 4. The zero-order chi connectivity index (χ0) is 31.9. The fourth-order valence-electron chi connectivity index (χ4n) is 6.29. The van der Waals surface area contributed by atoms with Crippen molar-refractivity contribution < 1.29 is 14.7 Å². The molecule has 46 heavy (non-hydrogen) atoms. The summed E-state index contributed by atoms with van der Waals surface area (Å²) in [6.07, 6.45) is 13.9. The van der Waals surface area contributed by atoms with Crippen molar-refractivity contribution in [3.8, 4) is 0 Å². The van der Waals surface area contributed by atoms with E-state index in [9.17, 15) is 14.7 Å². The standard InChI is InChI=1S/C20H20N2O.C19H18N2O2/c1-13(23)18-11-17(15-5-6-15)12-21-19(18)9-14-3-4-16-7-8-22(2)20(16)10-14;1-21-7-6-14-3-2-12(9-18(14)21)8-17-16(19(22)23)10-15(11-20-17)13-4-5-13/h3-4,7-8,10-12,15H,5-6,9H2,1-2H3;2-3,6-7,9-11,13H,4-5,8H2,1H3,(H,22,23). The molecule has 0 aliphatic heterocycles. The van der Waals surface area contributed by atoms with Crippen LogP contribution >= 0.6 is 0 Å². The number of carbonyl (C=O) groups is 2. The summed E-state index contributed by atoms with van der Waals surface area (Å²) in [7, 11) is 4.06. The van der Waals surface area contributed by atoms with Crippen LogP contribution in [0, 0.1) is 0 Å². The average Bonchev–Trinajstić information content (AvgIpc) is 3.99. The first kappa shape index (κ1) is 29.7. The molecule has 4 aromatic heterocycles. The molecular weight excluding hydrogens is 572 g/mol. The summed E-state index contributed by atoms with van der Waals surface area (Å²) in [6, 6.07) is 20.7. The fraction of sp³-hybridized carbons (Fsp3) is 0.282. The van der Waals surface area contributed by atoms with Gasteiger partial charge < -0.3 is 14.2 Å². The molecule has 0 amide bonds. The van der Waals surface area contributed by atoms with Gasteiger partial charge in [-0.2, -0.15) is 0 Å². The summed E-state index contributed by atoms with van der Waals surface area (Å²) in [4.78, 5) is 32.7. The molecule has 2 aliphatic rings. The van der Waals surface area contributed by atoms with E-state index in [2.05, 4.69) is 80.9 Å². The maximum absolute atomic E-state index is 12.0. The van der Waals surface area contributed by atoms with Crippen LogP contribution in [0.5, 0.6) is 0 Å². The van der Waals surface area contributed by atoms with Crippen LogP contribution in [0.2, 0.25) is 0 Å². The van der Waals surface area contributed by atoms with E-state index >= 15 is 0 Å². The topological polar surface area (TPSA) is 90.0 Å². The van der Waals surface area contributed by atoms with E-state index in [1.807, 2.05) is 37.8 Å². The molecule has 232 valence electrons. The van der Waals surface area contributed by atoms with E-state index in [1.165, 1.54) is 40.3 Å². The van der Waals surface area contributed by atoms with Gasteiger partial charge in [0.2, 0.25) is 0 Å². The van der Waals surface area contributed by atoms with Crippen molar-refractivity contribution in [2.24, 2.45) is 14.1 Å². The molecule has 7 heteroatoms. The van der Waals surface area contributed by atoms with Gasteiger partial charge in [0.05, 0.1) is 17.0 Å². The molecule has 0 unspecified atom stereocenters. The minimum atomic E-state index is -0.894. The highest BCUT2D eigenvalue weighted by Gasteiger charge is 2.26. The van der Waals surface area contributed by atoms with Gasteiger partial charge in [-0.05, 0) is 114 Å². The lowest BCUT2D eigenvalue weighted by Gasteiger charge is -2.09. The SMILES string of the molecule is CC(=O)c1cc(C2CC2)cnc1Cc1ccc2ccn(C)c2c1.Cn1ccc2ccc(Cc3ncc(C4CC4)cc3C(=O)O)cc21. The molecule has 0 atom stereocenters. The maximum Gasteiger partial charge on any atom is 0.337 e. The predicted octanol–water partition coefficient (Wildman–Crippen LogP) is 7.98. The van der Waals surface area contributed by atoms with Crippen molar-refractivity contribution in [1.82, 2.24) is 19.1 Å². The second-order valence-electron chi connectivity index (χ2n) is 12.9. The number of rotatable bonds is 8. The molecule has 7 nitrogen and oxygen atoms in total. The van der Waals surface area contributed by atoms with Gasteiger partial charge in [0.25, 0.3) is 0 Å². The summed E-state index contributed by atoms with van der Waals surface area (Å²) >= 11 is 0. The Morgan fingerprint density at radius 1 is 0.696 bits per heavy atom. The molecule has 4 heterocycles. The van der Waals surface area contributed by atoms with Gasteiger partial charge in [-0.1, -0.05) is 24.3 Å². The first-order valence-corrected chi connectivity index (χ1v) is 16.0. The van der Waals surface area contributed by atoms with Gasteiger partial charge in [0.1, 0.15) is 0 Å². The summed E-state index contributed by atoms with van der Waals surface area (Å²) in [5, 5.41) is 11.9.